The van der Waals surface area contributed by atoms with E-state index in [1.165, 1.54) is 24.3 Å². The molecule has 0 saturated carbocycles. The van der Waals surface area contributed by atoms with Gasteiger partial charge in [0.1, 0.15) is 6.04 Å². The molecule has 0 aromatic heterocycles. The van der Waals surface area contributed by atoms with E-state index < -0.39 is 16.1 Å². The third-order valence-electron chi connectivity index (χ3n) is 4.13. The van der Waals surface area contributed by atoms with E-state index in [9.17, 15) is 13.2 Å². The number of hydrogen-bond donors (Lipinski definition) is 2. The molecule has 0 aliphatic carbocycles. The lowest BCUT2D eigenvalue weighted by Gasteiger charge is -2.21. The van der Waals surface area contributed by atoms with Crippen molar-refractivity contribution in [2.75, 3.05) is 0 Å². The molecule has 0 fully saturated rings. The molecule has 0 heterocycles. The van der Waals surface area contributed by atoms with Crippen LogP contribution in [0.3, 0.4) is 0 Å². The second-order valence-corrected chi connectivity index (χ2v) is 8.67. The summed E-state index contributed by atoms with van der Waals surface area (Å²) in [5.41, 5.74) is 0.875. The molecule has 0 aliphatic rings. The van der Waals surface area contributed by atoms with Gasteiger partial charge in [-0.25, -0.2) is 8.42 Å². The fraction of sp³-hybridized carbons (Fsp3) is 0.350. The molecule has 0 spiro atoms. The summed E-state index contributed by atoms with van der Waals surface area (Å²) in [6.07, 6.45) is 2.02. The first kappa shape index (κ1) is 21.4. The van der Waals surface area contributed by atoms with Gasteiger partial charge in [0, 0.05) is 11.1 Å². The Labute approximate surface area is 166 Å². The van der Waals surface area contributed by atoms with E-state index in [0.717, 1.165) is 18.4 Å². The predicted octanol–water partition coefficient (Wildman–Crippen LogP) is 3.53. The molecule has 146 valence electrons. The molecular weight excluding hydrogens is 384 g/mol. The Morgan fingerprint density at radius 1 is 1.07 bits per heavy atom. The minimum atomic E-state index is -3.86. The van der Waals surface area contributed by atoms with E-state index in [0.29, 0.717) is 5.02 Å². The molecular formula is C20H25ClN2O3S. The van der Waals surface area contributed by atoms with Crippen LogP contribution in [0.4, 0.5) is 0 Å². The summed E-state index contributed by atoms with van der Waals surface area (Å²) in [6.45, 7) is 3.95. The Kier molecular flexibility index (Phi) is 7.83. The average molecular weight is 409 g/mol. The Morgan fingerprint density at radius 2 is 1.70 bits per heavy atom. The van der Waals surface area contributed by atoms with E-state index in [2.05, 4.69) is 10.0 Å². The topological polar surface area (TPSA) is 75.3 Å². The fourth-order valence-electron chi connectivity index (χ4n) is 2.76. The molecule has 5 nitrogen and oxygen atoms in total. The van der Waals surface area contributed by atoms with E-state index >= 15 is 0 Å². The zero-order chi connectivity index (χ0) is 19.9. The van der Waals surface area contributed by atoms with Gasteiger partial charge in [-0.05, 0) is 49.6 Å². The van der Waals surface area contributed by atoms with E-state index in [-0.39, 0.29) is 23.3 Å². The van der Waals surface area contributed by atoms with Crippen molar-refractivity contribution >= 4 is 27.5 Å². The Balaban J connectivity index is 2.22. The Hall–Kier alpha value is -1.89. The molecule has 2 rings (SSSR count). The highest BCUT2D eigenvalue weighted by Gasteiger charge is 2.26. The second kappa shape index (κ2) is 9.88. The quantitative estimate of drug-likeness (QED) is 0.666. The number of amides is 1. The molecule has 0 aliphatic heterocycles. The molecule has 2 atom stereocenters. The standard InChI is InChI=1S/C20H25ClN2O3S/c1-3-7-15(2)22-20(24)19(14-16-8-5-4-6-9-16)23-27(25,26)18-12-10-17(21)11-13-18/h4-6,8-13,15,19,23H,3,7,14H2,1-2H3,(H,22,24)/t15-,19+/m1/s1. The first-order valence-electron chi connectivity index (χ1n) is 8.94. The summed E-state index contributed by atoms with van der Waals surface area (Å²) in [4.78, 5) is 12.8. The first-order valence-corrected chi connectivity index (χ1v) is 10.8. The van der Waals surface area contributed by atoms with Crippen LogP contribution in [0.5, 0.6) is 0 Å². The molecule has 0 unspecified atom stereocenters. The number of benzene rings is 2. The molecule has 2 N–H and O–H groups in total. The third kappa shape index (κ3) is 6.65. The van der Waals surface area contributed by atoms with E-state index in [1.54, 1.807) is 0 Å². The molecule has 0 radical (unpaired) electrons. The van der Waals surface area contributed by atoms with Crippen molar-refractivity contribution in [1.29, 1.82) is 0 Å². The molecule has 27 heavy (non-hydrogen) atoms. The van der Waals surface area contributed by atoms with Crippen LogP contribution in [0.25, 0.3) is 0 Å². The number of nitrogens with one attached hydrogen (secondary N) is 2. The van der Waals surface area contributed by atoms with Crippen molar-refractivity contribution in [3.05, 3.63) is 65.2 Å². The summed E-state index contributed by atoms with van der Waals surface area (Å²) in [6, 6.07) is 14.2. The summed E-state index contributed by atoms with van der Waals surface area (Å²) in [5.74, 6) is -0.336. The summed E-state index contributed by atoms with van der Waals surface area (Å²) in [5, 5.41) is 3.34. The van der Waals surface area contributed by atoms with Crippen molar-refractivity contribution < 1.29 is 13.2 Å². The molecule has 0 bridgehead atoms. The lowest BCUT2D eigenvalue weighted by Crippen LogP contribution is -2.50. The van der Waals surface area contributed by atoms with Crippen LogP contribution in [-0.4, -0.2) is 26.4 Å². The van der Waals surface area contributed by atoms with Gasteiger partial charge in [0.05, 0.1) is 4.90 Å². The molecule has 2 aromatic carbocycles. The van der Waals surface area contributed by atoms with Gasteiger partial charge in [0.25, 0.3) is 0 Å². The van der Waals surface area contributed by atoms with Crippen LogP contribution in [0.2, 0.25) is 5.02 Å². The van der Waals surface area contributed by atoms with Gasteiger partial charge in [-0.2, -0.15) is 4.72 Å². The van der Waals surface area contributed by atoms with Crippen molar-refractivity contribution in [2.45, 2.75) is 50.1 Å². The zero-order valence-electron chi connectivity index (χ0n) is 15.5. The maximum Gasteiger partial charge on any atom is 0.241 e. The number of carbonyl (C=O) groups excluding carboxylic acids is 1. The summed E-state index contributed by atoms with van der Waals surface area (Å²) < 4.78 is 28.0. The van der Waals surface area contributed by atoms with Gasteiger partial charge < -0.3 is 5.32 Å². The van der Waals surface area contributed by atoms with Crippen LogP contribution in [0.1, 0.15) is 32.3 Å². The maximum absolute atomic E-state index is 12.7. The minimum absolute atomic E-state index is 0.0270. The van der Waals surface area contributed by atoms with Crippen molar-refractivity contribution in [2.24, 2.45) is 0 Å². The van der Waals surface area contributed by atoms with Gasteiger partial charge >= 0.3 is 0 Å². The van der Waals surface area contributed by atoms with Gasteiger partial charge in [-0.15, -0.1) is 0 Å². The number of halogens is 1. The molecule has 2 aromatic rings. The molecule has 1 amide bonds. The predicted molar refractivity (Wildman–Crippen MR) is 108 cm³/mol. The highest BCUT2D eigenvalue weighted by molar-refractivity contribution is 7.89. The van der Waals surface area contributed by atoms with Crippen molar-refractivity contribution in [3.63, 3.8) is 0 Å². The van der Waals surface area contributed by atoms with E-state index in [4.69, 9.17) is 11.6 Å². The third-order valence-corrected chi connectivity index (χ3v) is 5.87. The monoisotopic (exact) mass is 408 g/mol. The Morgan fingerprint density at radius 3 is 2.30 bits per heavy atom. The first-order chi connectivity index (χ1) is 12.8. The molecule has 0 saturated heterocycles. The van der Waals surface area contributed by atoms with Gasteiger partial charge in [-0.3, -0.25) is 4.79 Å². The SMILES string of the molecule is CCC[C@@H](C)NC(=O)[C@H](Cc1ccccc1)NS(=O)(=O)c1ccc(Cl)cc1. The average Bonchev–Trinajstić information content (AvgIpc) is 2.62. The number of hydrogen-bond acceptors (Lipinski definition) is 3. The number of rotatable bonds is 9. The number of carbonyl (C=O) groups is 1. The normalized spacial score (nSPS) is 13.7. The van der Waals surface area contributed by atoms with Crippen LogP contribution >= 0.6 is 11.6 Å². The summed E-state index contributed by atoms with van der Waals surface area (Å²) >= 11 is 5.83. The van der Waals surface area contributed by atoms with Gasteiger partial charge in [0.15, 0.2) is 0 Å². The van der Waals surface area contributed by atoms with Crippen LogP contribution < -0.4 is 10.0 Å². The smallest absolute Gasteiger partial charge is 0.241 e. The van der Waals surface area contributed by atoms with Crippen LogP contribution in [0, 0.1) is 0 Å². The maximum atomic E-state index is 12.7. The lowest BCUT2D eigenvalue weighted by atomic mass is 10.1. The fourth-order valence-corrected chi connectivity index (χ4v) is 4.08. The van der Waals surface area contributed by atoms with Crippen LogP contribution in [0.15, 0.2) is 59.5 Å². The lowest BCUT2D eigenvalue weighted by molar-refractivity contribution is -0.123. The molecule has 7 heteroatoms. The largest absolute Gasteiger partial charge is 0.352 e. The van der Waals surface area contributed by atoms with Crippen molar-refractivity contribution in [3.8, 4) is 0 Å². The number of sulfonamides is 1. The van der Waals surface area contributed by atoms with Crippen molar-refractivity contribution in [1.82, 2.24) is 10.0 Å². The second-order valence-electron chi connectivity index (χ2n) is 6.52. The highest BCUT2D eigenvalue weighted by Crippen LogP contribution is 2.15. The minimum Gasteiger partial charge on any atom is -0.352 e. The zero-order valence-corrected chi connectivity index (χ0v) is 17.1. The van der Waals surface area contributed by atoms with Gasteiger partial charge in [0.2, 0.25) is 15.9 Å². The van der Waals surface area contributed by atoms with Gasteiger partial charge in [-0.1, -0.05) is 55.3 Å². The van der Waals surface area contributed by atoms with Crippen LogP contribution in [-0.2, 0) is 21.2 Å². The summed E-state index contributed by atoms with van der Waals surface area (Å²) in [7, 11) is -3.86. The van der Waals surface area contributed by atoms with E-state index in [1.807, 2.05) is 44.2 Å². The highest BCUT2D eigenvalue weighted by atomic mass is 35.5. The Bertz CT molecular complexity index is 839.